The average Bonchev–Trinajstić information content (AvgIpc) is 2.15. The van der Waals surface area contributed by atoms with Crippen LogP contribution in [-0.2, 0) is 0 Å². The number of pyridine rings is 1. The van der Waals surface area contributed by atoms with E-state index in [1.54, 1.807) is 12.1 Å². The Kier molecular flexibility index (Phi) is 3.22. The SMILES string of the molecule is O=Cc1ccc(NCCO)nc1. The molecule has 0 unspecified atom stereocenters. The molecule has 0 spiro atoms. The van der Waals surface area contributed by atoms with E-state index in [0.717, 1.165) is 6.29 Å². The molecule has 0 aliphatic rings. The van der Waals surface area contributed by atoms with Gasteiger partial charge in [0.2, 0.25) is 0 Å². The molecule has 1 heterocycles. The molecule has 0 atom stereocenters. The Morgan fingerprint density at radius 1 is 1.58 bits per heavy atom. The van der Waals surface area contributed by atoms with Gasteiger partial charge in [0.1, 0.15) is 5.82 Å². The Morgan fingerprint density at radius 2 is 2.42 bits per heavy atom. The lowest BCUT2D eigenvalue weighted by Gasteiger charge is -2.01. The van der Waals surface area contributed by atoms with E-state index in [0.29, 0.717) is 17.9 Å². The molecule has 0 radical (unpaired) electrons. The van der Waals surface area contributed by atoms with Crippen molar-refractivity contribution >= 4 is 12.1 Å². The molecule has 4 heteroatoms. The number of aldehydes is 1. The zero-order valence-electron chi connectivity index (χ0n) is 6.53. The molecule has 4 nitrogen and oxygen atoms in total. The van der Waals surface area contributed by atoms with Crippen molar-refractivity contribution in [2.75, 3.05) is 18.5 Å². The van der Waals surface area contributed by atoms with Crippen molar-refractivity contribution in [3.8, 4) is 0 Å². The van der Waals surface area contributed by atoms with Crippen LogP contribution in [0.5, 0.6) is 0 Å². The number of carbonyl (C=O) groups is 1. The van der Waals surface area contributed by atoms with Gasteiger partial charge in [-0.2, -0.15) is 0 Å². The lowest BCUT2D eigenvalue weighted by Crippen LogP contribution is -2.06. The predicted octanol–water partition coefficient (Wildman–Crippen LogP) is 0.298. The predicted molar refractivity (Wildman–Crippen MR) is 45.2 cm³/mol. The molecule has 0 amide bonds. The summed E-state index contributed by atoms with van der Waals surface area (Å²) >= 11 is 0. The molecule has 2 N–H and O–H groups in total. The van der Waals surface area contributed by atoms with Crippen molar-refractivity contribution in [2.45, 2.75) is 0 Å². The third-order valence-electron chi connectivity index (χ3n) is 1.34. The number of hydrogen-bond acceptors (Lipinski definition) is 4. The zero-order chi connectivity index (χ0) is 8.81. The number of nitrogens with one attached hydrogen (secondary N) is 1. The molecule has 0 saturated carbocycles. The normalized spacial score (nSPS) is 9.42. The quantitative estimate of drug-likeness (QED) is 0.631. The highest BCUT2D eigenvalue weighted by Gasteiger charge is 1.92. The third kappa shape index (κ3) is 2.32. The summed E-state index contributed by atoms with van der Waals surface area (Å²) in [5.74, 6) is 0.662. The van der Waals surface area contributed by atoms with Gasteiger partial charge >= 0.3 is 0 Å². The van der Waals surface area contributed by atoms with Gasteiger partial charge in [-0.15, -0.1) is 0 Å². The van der Waals surface area contributed by atoms with Gasteiger partial charge in [-0.25, -0.2) is 4.98 Å². The summed E-state index contributed by atoms with van der Waals surface area (Å²) in [6.45, 7) is 0.532. The van der Waals surface area contributed by atoms with Crippen LogP contribution < -0.4 is 5.32 Å². The van der Waals surface area contributed by atoms with Gasteiger partial charge in [0.05, 0.1) is 6.61 Å². The summed E-state index contributed by atoms with van der Waals surface area (Å²) in [5.41, 5.74) is 0.546. The van der Waals surface area contributed by atoms with E-state index in [1.165, 1.54) is 6.20 Å². The number of rotatable bonds is 4. The average molecular weight is 166 g/mol. The van der Waals surface area contributed by atoms with Crippen LogP contribution in [0.3, 0.4) is 0 Å². The highest BCUT2D eigenvalue weighted by atomic mass is 16.3. The number of anilines is 1. The molecule has 0 aliphatic carbocycles. The van der Waals surface area contributed by atoms with Crippen molar-refractivity contribution in [3.63, 3.8) is 0 Å². The van der Waals surface area contributed by atoms with Crippen LogP contribution >= 0.6 is 0 Å². The zero-order valence-corrected chi connectivity index (χ0v) is 6.53. The lowest BCUT2D eigenvalue weighted by molar-refractivity contribution is 0.112. The standard InChI is InChI=1S/C8H10N2O2/c11-4-3-9-8-2-1-7(6-12)5-10-8/h1-2,5-6,11H,3-4H2,(H,9,10). The van der Waals surface area contributed by atoms with Crippen LogP contribution in [0.15, 0.2) is 18.3 Å². The fourth-order valence-corrected chi connectivity index (χ4v) is 0.764. The number of carbonyl (C=O) groups excluding carboxylic acids is 1. The van der Waals surface area contributed by atoms with Crippen LogP contribution in [0, 0.1) is 0 Å². The molecule has 1 aromatic rings. The minimum atomic E-state index is 0.0666. The summed E-state index contributed by atoms with van der Waals surface area (Å²) in [4.78, 5) is 14.2. The number of aliphatic hydroxyl groups is 1. The van der Waals surface area contributed by atoms with E-state index in [2.05, 4.69) is 10.3 Å². The van der Waals surface area contributed by atoms with Crippen LogP contribution in [0.2, 0.25) is 0 Å². The van der Waals surface area contributed by atoms with Crippen molar-refractivity contribution < 1.29 is 9.90 Å². The van der Waals surface area contributed by atoms with Crippen LogP contribution in [0.25, 0.3) is 0 Å². The molecule has 0 aromatic carbocycles. The van der Waals surface area contributed by atoms with Crippen LogP contribution in [0.1, 0.15) is 10.4 Å². The number of hydrogen-bond donors (Lipinski definition) is 2. The van der Waals surface area contributed by atoms with Gasteiger partial charge in [0.15, 0.2) is 6.29 Å². The Labute approximate surface area is 70.3 Å². The van der Waals surface area contributed by atoms with Gasteiger partial charge in [-0.05, 0) is 12.1 Å². The number of aromatic nitrogens is 1. The summed E-state index contributed by atoms with van der Waals surface area (Å²) < 4.78 is 0. The molecular formula is C8H10N2O2. The second-order valence-electron chi connectivity index (χ2n) is 2.25. The first kappa shape index (κ1) is 8.67. The first-order valence-electron chi connectivity index (χ1n) is 3.63. The van der Waals surface area contributed by atoms with Crippen molar-refractivity contribution in [1.82, 2.24) is 4.98 Å². The minimum Gasteiger partial charge on any atom is -0.395 e. The molecule has 64 valence electrons. The molecule has 0 bridgehead atoms. The maximum Gasteiger partial charge on any atom is 0.151 e. The highest BCUT2D eigenvalue weighted by Crippen LogP contribution is 2.01. The second-order valence-corrected chi connectivity index (χ2v) is 2.25. The summed E-state index contributed by atoms with van der Waals surface area (Å²) in [7, 11) is 0. The van der Waals surface area contributed by atoms with E-state index in [1.807, 2.05) is 0 Å². The Balaban J connectivity index is 2.58. The smallest absolute Gasteiger partial charge is 0.151 e. The van der Waals surface area contributed by atoms with E-state index in [4.69, 9.17) is 5.11 Å². The first-order valence-corrected chi connectivity index (χ1v) is 3.63. The Morgan fingerprint density at radius 3 is 2.92 bits per heavy atom. The van der Waals surface area contributed by atoms with Gasteiger partial charge < -0.3 is 10.4 Å². The molecule has 1 rings (SSSR count). The van der Waals surface area contributed by atoms with E-state index < -0.39 is 0 Å². The monoisotopic (exact) mass is 166 g/mol. The van der Waals surface area contributed by atoms with E-state index in [-0.39, 0.29) is 6.61 Å². The Hall–Kier alpha value is -1.42. The van der Waals surface area contributed by atoms with Crippen molar-refractivity contribution in [1.29, 1.82) is 0 Å². The minimum absolute atomic E-state index is 0.0666. The number of nitrogens with zero attached hydrogens (tertiary/aromatic N) is 1. The van der Waals surface area contributed by atoms with Crippen molar-refractivity contribution in [2.24, 2.45) is 0 Å². The third-order valence-corrected chi connectivity index (χ3v) is 1.34. The maximum absolute atomic E-state index is 10.2. The molecule has 0 saturated heterocycles. The van der Waals surface area contributed by atoms with E-state index in [9.17, 15) is 4.79 Å². The number of aliphatic hydroxyl groups excluding tert-OH is 1. The summed E-state index contributed by atoms with van der Waals surface area (Å²) in [6, 6.07) is 3.36. The molecule has 0 aliphatic heterocycles. The van der Waals surface area contributed by atoms with E-state index >= 15 is 0 Å². The van der Waals surface area contributed by atoms with Gasteiger partial charge in [0, 0.05) is 18.3 Å². The topological polar surface area (TPSA) is 62.2 Å². The molecular weight excluding hydrogens is 156 g/mol. The largest absolute Gasteiger partial charge is 0.395 e. The molecule has 12 heavy (non-hydrogen) atoms. The highest BCUT2D eigenvalue weighted by molar-refractivity contribution is 5.74. The summed E-state index contributed by atoms with van der Waals surface area (Å²) in [6.07, 6.45) is 2.22. The van der Waals surface area contributed by atoms with Gasteiger partial charge in [-0.3, -0.25) is 4.79 Å². The maximum atomic E-state index is 10.2. The fraction of sp³-hybridized carbons (Fsp3) is 0.250. The molecule has 1 aromatic heterocycles. The molecule has 0 fully saturated rings. The van der Waals surface area contributed by atoms with Crippen LogP contribution in [0.4, 0.5) is 5.82 Å². The summed E-state index contributed by atoms with van der Waals surface area (Å²) in [5, 5.41) is 11.4. The Bertz CT molecular complexity index is 246. The lowest BCUT2D eigenvalue weighted by atomic mass is 10.3. The second kappa shape index (κ2) is 4.46. The van der Waals surface area contributed by atoms with Gasteiger partial charge in [0.25, 0.3) is 0 Å². The van der Waals surface area contributed by atoms with Crippen molar-refractivity contribution in [3.05, 3.63) is 23.9 Å². The van der Waals surface area contributed by atoms with Crippen LogP contribution in [-0.4, -0.2) is 29.5 Å². The fourth-order valence-electron chi connectivity index (χ4n) is 0.764. The first-order chi connectivity index (χ1) is 5.86. The van der Waals surface area contributed by atoms with Gasteiger partial charge in [-0.1, -0.05) is 0 Å².